The van der Waals surface area contributed by atoms with Crippen LogP contribution in [-0.2, 0) is 9.53 Å². The van der Waals surface area contributed by atoms with Gasteiger partial charge >= 0.3 is 5.97 Å². The number of aliphatic carboxylic acids is 1. The molecule has 1 N–H and O–H groups in total. The molecule has 0 saturated heterocycles. The third-order valence-corrected chi connectivity index (χ3v) is 3.78. The normalized spacial score (nSPS) is 26.9. The van der Waals surface area contributed by atoms with Gasteiger partial charge in [-0.1, -0.05) is 20.8 Å². The Morgan fingerprint density at radius 1 is 1.47 bits per heavy atom. The summed E-state index contributed by atoms with van der Waals surface area (Å²) in [6.07, 6.45) is 2.21. The van der Waals surface area contributed by atoms with Crippen molar-refractivity contribution in [3.8, 4) is 0 Å². The Hall–Kier alpha value is -0.610. The third-order valence-electron chi connectivity index (χ3n) is 3.78. The van der Waals surface area contributed by atoms with Gasteiger partial charge in [0.15, 0.2) is 0 Å². The van der Waals surface area contributed by atoms with Gasteiger partial charge in [0.25, 0.3) is 0 Å². The Balaban J connectivity index is 2.61. The van der Waals surface area contributed by atoms with Crippen LogP contribution in [0.2, 0.25) is 0 Å². The smallest absolute Gasteiger partial charge is 0.317 e. The van der Waals surface area contributed by atoms with Gasteiger partial charge in [0, 0.05) is 18.1 Å². The Morgan fingerprint density at radius 3 is 2.53 bits per heavy atom. The van der Waals surface area contributed by atoms with E-state index in [0.717, 1.165) is 26.0 Å². The molecule has 2 unspecified atom stereocenters. The molecular formula is C13H25NO3. The lowest BCUT2D eigenvalue weighted by Crippen LogP contribution is -2.62. The maximum Gasteiger partial charge on any atom is 0.317 e. The molecule has 0 heterocycles. The topological polar surface area (TPSA) is 49.8 Å². The van der Waals surface area contributed by atoms with Gasteiger partial charge in [0.05, 0.1) is 12.6 Å². The van der Waals surface area contributed by atoms with Gasteiger partial charge in [-0.15, -0.1) is 0 Å². The summed E-state index contributed by atoms with van der Waals surface area (Å²) in [4.78, 5) is 13.0. The van der Waals surface area contributed by atoms with Crippen molar-refractivity contribution in [2.45, 2.75) is 52.7 Å². The number of carboxylic acids is 1. The molecule has 4 nitrogen and oxygen atoms in total. The Labute approximate surface area is 104 Å². The van der Waals surface area contributed by atoms with Crippen LogP contribution in [0.5, 0.6) is 0 Å². The molecule has 0 aliphatic heterocycles. The van der Waals surface area contributed by atoms with Crippen LogP contribution < -0.4 is 0 Å². The first kappa shape index (κ1) is 14.5. The Kier molecular flexibility index (Phi) is 4.95. The fourth-order valence-electron chi connectivity index (χ4n) is 2.77. The van der Waals surface area contributed by atoms with E-state index in [9.17, 15) is 4.79 Å². The highest BCUT2D eigenvalue weighted by Crippen LogP contribution is 2.45. The van der Waals surface area contributed by atoms with E-state index in [-0.39, 0.29) is 18.1 Å². The molecule has 100 valence electrons. The second-order valence-corrected chi connectivity index (χ2v) is 5.38. The van der Waals surface area contributed by atoms with Crippen molar-refractivity contribution in [1.29, 1.82) is 0 Å². The van der Waals surface area contributed by atoms with Crippen LogP contribution in [0.4, 0.5) is 0 Å². The Morgan fingerprint density at radius 2 is 2.12 bits per heavy atom. The van der Waals surface area contributed by atoms with Gasteiger partial charge < -0.3 is 9.84 Å². The van der Waals surface area contributed by atoms with Crippen LogP contribution >= 0.6 is 0 Å². The number of nitrogens with zero attached hydrogens (tertiary/aromatic N) is 1. The van der Waals surface area contributed by atoms with E-state index in [2.05, 4.69) is 25.7 Å². The van der Waals surface area contributed by atoms with E-state index in [1.165, 1.54) is 0 Å². The summed E-state index contributed by atoms with van der Waals surface area (Å²) in [7, 11) is 0. The summed E-state index contributed by atoms with van der Waals surface area (Å²) < 4.78 is 5.68. The predicted molar refractivity (Wildman–Crippen MR) is 67.1 cm³/mol. The molecule has 0 amide bonds. The quantitative estimate of drug-likeness (QED) is 0.743. The van der Waals surface area contributed by atoms with Crippen molar-refractivity contribution in [2.24, 2.45) is 5.41 Å². The molecular weight excluding hydrogens is 218 g/mol. The van der Waals surface area contributed by atoms with Gasteiger partial charge in [-0.2, -0.15) is 0 Å². The van der Waals surface area contributed by atoms with Crippen molar-refractivity contribution in [3.05, 3.63) is 0 Å². The second-order valence-electron chi connectivity index (χ2n) is 5.38. The van der Waals surface area contributed by atoms with E-state index >= 15 is 0 Å². The number of carbonyl (C=O) groups is 1. The van der Waals surface area contributed by atoms with Crippen molar-refractivity contribution in [3.63, 3.8) is 0 Å². The molecule has 0 aromatic rings. The fraction of sp³-hybridized carbons (Fsp3) is 0.923. The van der Waals surface area contributed by atoms with E-state index in [1.54, 1.807) is 0 Å². The second kappa shape index (κ2) is 5.83. The number of hydrogen-bond acceptors (Lipinski definition) is 3. The van der Waals surface area contributed by atoms with E-state index in [1.807, 2.05) is 6.92 Å². The van der Waals surface area contributed by atoms with Crippen molar-refractivity contribution >= 4 is 5.97 Å². The van der Waals surface area contributed by atoms with Gasteiger partial charge in [-0.3, -0.25) is 9.69 Å². The minimum Gasteiger partial charge on any atom is -0.480 e. The summed E-state index contributed by atoms with van der Waals surface area (Å²) in [5, 5.41) is 8.95. The molecule has 1 rings (SSSR count). The van der Waals surface area contributed by atoms with Crippen molar-refractivity contribution < 1.29 is 14.6 Å². The highest BCUT2D eigenvalue weighted by Gasteiger charge is 2.51. The highest BCUT2D eigenvalue weighted by atomic mass is 16.5. The van der Waals surface area contributed by atoms with E-state index in [0.29, 0.717) is 6.04 Å². The summed E-state index contributed by atoms with van der Waals surface area (Å²) in [5.74, 6) is -0.742. The minimum atomic E-state index is -0.742. The Bertz CT molecular complexity index is 265. The van der Waals surface area contributed by atoms with Crippen LogP contribution in [0, 0.1) is 5.41 Å². The fourth-order valence-corrected chi connectivity index (χ4v) is 2.77. The average molecular weight is 243 g/mol. The first-order chi connectivity index (χ1) is 7.93. The molecule has 0 aromatic carbocycles. The monoisotopic (exact) mass is 243 g/mol. The van der Waals surface area contributed by atoms with Crippen LogP contribution in [0.15, 0.2) is 0 Å². The van der Waals surface area contributed by atoms with Crippen LogP contribution in [0.1, 0.15) is 40.5 Å². The van der Waals surface area contributed by atoms with Gasteiger partial charge in [-0.05, 0) is 26.3 Å². The lowest BCUT2D eigenvalue weighted by atomic mass is 9.63. The van der Waals surface area contributed by atoms with E-state index < -0.39 is 5.97 Å². The average Bonchev–Trinajstić information content (AvgIpc) is 2.22. The number of carboxylic acid groups (broad SMARTS) is 1. The largest absolute Gasteiger partial charge is 0.480 e. The lowest BCUT2D eigenvalue weighted by Gasteiger charge is -2.55. The summed E-state index contributed by atoms with van der Waals surface area (Å²) in [5.41, 5.74) is 0.0562. The zero-order valence-corrected chi connectivity index (χ0v) is 11.4. The van der Waals surface area contributed by atoms with Gasteiger partial charge in [-0.25, -0.2) is 0 Å². The summed E-state index contributed by atoms with van der Waals surface area (Å²) in [6, 6.07) is 0.329. The maximum absolute atomic E-state index is 10.9. The molecule has 0 bridgehead atoms. The van der Waals surface area contributed by atoms with Crippen LogP contribution in [0.25, 0.3) is 0 Å². The molecule has 0 spiro atoms. The first-order valence-corrected chi connectivity index (χ1v) is 6.50. The van der Waals surface area contributed by atoms with Gasteiger partial charge in [0.1, 0.15) is 0 Å². The third kappa shape index (κ3) is 3.19. The zero-order chi connectivity index (χ0) is 13.1. The lowest BCUT2D eigenvalue weighted by molar-refractivity contribution is -0.160. The molecule has 2 atom stereocenters. The van der Waals surface area contributed by atoms with Gasteiger partial charge in [0.2, 0.25) is 0 Å². The van der Waals surface area contributed by atoms with Crippen LogP contribution in [0.3, 0.4) is 0 Å². The van der Waals surface area contributed by atoms with Crippen LogP contribution in [-0.4, -0.2) is 47.8 Å². The summed E-state index contributed by atoms with van der Waals surface area (Å²) in [6.45, 7) is 10.1. The van der Waals surface area contributed by atoms with E-state index in [4.69, 9.17) is 9.84 Å². The molecule has 0 radical (unpaired) electrons. The predicted octanol–water partition coefficient (Wildman–Crippen LogP) is 1.99. The minimum absolute atomic E-state index is 0.0562. The number of ether oxygens (including phenoxy) is 1. The standard InChI is InChI=1S/C13H25NO3/c1-5-7-14(9-12(15)16)10-8-11(17-6-2)13(10,3)4/h10-11H,5-9H2,1-4H3,(H,15,16). The maximum atomic E-state index is 10.9. The van der Waals surface area contributed by atoms with Crippen molar-refractivity contribution in [1.82, 2.24) is 4.90 Å². The molecule has 17 heavy (non-hydrogen) atoms. The molecule has 4 heteroatoms. The zero-order valence-electron chi connectivity index (χ0n) is 11.4. The number of rotatable bonds is 7. The SMILES string of the molecule is CCCN(CC(=O)O)C1CC(OCC)C1(C)C. The van der Waals surface area contributed by atoms with Crippen molar-refractivity contribution in [2.75, 3.05) is 19.7 Å². The first-order valence-electron chi connectivity index (χ1n) is 6.50. The molecule has 1 aliphatic carbocycles. The highest BCUT2D eigenvalue weighted by molar-refractivity contribution is 5.69. The molecule has 1 fully saturated rings. The number of hydrogen-bond donors (Lipinski definition) is 1. The molecule has 0 aromatic heterocycles. The molecule has 1 aliphatic rings. The summed E-state index contributed by atoms with van der Waals surface area (Å²) >= 11 is 0. The molecule has 1 saturated carbocycles.